The third-order valence-corrected chi connectivity index (χ3v) is 6.15. The van der Waals surface area contributed by atoms with Crippen molar-refractivity contribution in [3.63, 3.8) is 0 Å². The Bertz CT molecular complexity index is 891. The second-order valence-electron chi connectivity index (χ2n) is 6.62. The first-order valence-electron chi connectivity index (χ1n) is 7.99. The van der Waals surface area contributed by atoms with Gasteiger partial charge >= 0.3 is 27.3 Å². The van der Waals surface area contributed by atoms with E-state index in [-0.39, 0.29) is 27.3 Å². The summed E-state index contributed by atoms with van der Waals surface area (Å²) in [5.41, 5.74) is 0.365. The molecule has 0 amide bonds. The van der Waals surface area contributed by atoms with Gasteiger partial charge in [-0.15, -0.1) is 0 Å². The van der Waals surface area contributed by atoms with Crippen molar-refractivity contribution in [3.8, 4) is 5.75 Å². The monoisotopic (exact) mass is 450 g/mol. The van der Waals surface area contributed by atoms with E-state index in [0.717, 1.165) is 16.7 Å². The fourth-order valence-electron chi connectivity index (χ4n) is 2.40. The predicted molar refractivity (Wildman–Crippen MR) is 94.0 cm³/mol. The van der Waals surface area contributed by atoms with Crippen LogP contribution in [0.25, 0.3) is 10.9 Å². The van der Waals surface area contributed by atoms with Crippen LogP contribution in [0.3, 0.4) is 0 Å². The summed E-state index contributed by atoms with van der Waals surface area (Å²) in [5.74, 6) is 0.873. The van der Waals surface area contributed by atoms with E-state index in [1.54, 1.807) is 17.9 Å². The molecule has 0 aliphatic heterocycles. The fraction of sp³-hybridized carbons (Fsp3) is 0.250. The van der Waals surface area contributed by atoms with E-state index in [9.17, 15) is 4.79 Å². The molecule has 0 atom stereocenters. The molecule has 3 rings (SSSR count). The molecule has 0 N–H and O–H groups in total. The van der Waals surface area contributed by atoms with Crippen LogP contribution >= 0.6 is 0 Å². The third kappa shape index (κ3) is 4.34. The largest absolute Gasteiger partial charge is 0.497 e. The highest BCUT2D eigenvalue weighted by atomic mass is 127. The van der Waals surface area contributed by atoms with Gasteiger partial charge in [0.2, 0.25) is 0 Å². The summed E-state index contributed by atoms with van der Waals surface area (Å²) >= 11 is -0.274. The number of aromatic nitrogens is 1. The molecule has 0 aliphatic rings. The lowest BCUT2D eigenvalue weighted by Crippen LogP contribution is -3.61. The summed E-state index contributed by atoms with van der Waals surface area (Å²) < 4.78 is 14.9. The first kappa shape index (κ1) is 17.8. The second kappa shape index (κ2) is 7.07. The van der Waals surface area contributed by atoms with Crippen molar-refractivity contribution in [1.29, 1.82) is 0 Å². The summed E-state index contributed by atoms with van der Waals surface area (Å²) in [6.07, 6.45) is 1.42. The lowest BCUT2D eigenvalue weighted by atomic mass is 10.2. The van der Waals surface area contributed by atoms with Crippen molar-refractivity contribution in [1.82, 2.24) is 4.57 Å². The molecule has 0 radical (unpaired) electrons. The third-order valence-electron chi connectivity index (χ3n) is 3.51. The highest BCUT2D eigenvalue weighted by Gasteiger charge is 2.21. The fourth-order valence-corrected chi connectivity index (χ4v) is 4.69. The van der Waals surface area contributed by atoms with Gasteiger partial charge in [-0.05, 0) is 63.2 Å². The number of carbonyl (C=O) groups is 1. The Morgan fingerprint density at radius 1 is 1.00 bits per heavy atom. The molecule has 1 aromatic heterocycles. The number of fused-ring (bicyclic) bond motifs is 1. The van der Waals surface area contributed by atoms with Gasteiger partial charge in [-0.25, -0.2) is 4.79 Å². The molecule has 0 unspecified atom stereocenters. The average Bonchev–Trinajstić information content (AvgIpc) is 2.97. The van der Waals surface area contributed by atoms with Gasteiger partial charge in [0.25, 0.3) is 0 Å². The summed E-state index contributed by atoms with van der Waals surface area (Å²) in [6, 6.07) is 16.4. The van der Waals surface area contributed by atoms with Gasteiger partial charge in [-0.1, -0.05) is 0 Å². The maximum atomic E-state index is 12.3. The lowest BCUT2D eigenvalue weighted by molar-refractivity contribution is -0.597. The zero-order chi connectivity index (χ0) is 18.0. The number of benzene rings is 2. The van der Waals surface area contributed by atoms with Crippen molar-refractivity contribution < 1.29 is 35.5 Å². The average molecular weight is 450 g/mol. The van der Waals surface area contributed by atoms with Crippen LogP contribution in [0.2, 0.25) is 0 Å². The van der Waals surface area contributed by atoms with Crippen LogP contribution in [0.15, 0.2) is 54.7 Å². The second-order valence-corrected chi connectivity index (χ2v) is 9.65. The van der Waals surface area contributed by atoms with E-state index in [1.165, 1.54) is 7.14 Å². The Labute approximate surface area is 158 Å². The van der Waals surface area contributed by atoms with E-state index >= 15 is 0 Å². The van der Waals surface area contributed by atoms with Crippen molar-refractivity contribution in [3.05, 3.63) is 61.9 Å². The summed E-state index contributed by atoms with van der Waals surface area (Å²) in [5, 5.41) is 1.05. The number of hydrogen-bond donors (Lipinski definition) is 0. The maximum Gasteiger partial charge on any atom is 0.418 e. The van der Waals surface area contributed by atoms with Crippen LogP contribution in [0, 0.1) is 7.14 Å². The molecule has 25 heavy (non-hydrogen) atoms. The van der Waals surface area contributed by atoms with Crippen molar-refractivity contribution >= 4 is 17.0 Å². The number of methoxy groups -OCH3 is 1. The molecule has 2 aromatic carbocycles. The molecule has 3 aromatic rings. The Morgan fingerprint density at radius 2 is 1.68 bits per heavy atom. The number of nitrogens with zero attached hydrogens (tertiary/aromatic N) is 1. The smallest absolute Gasteiger partial charge is 0.418 e. The van der Waals surface area contributed by atoms with Crippen LogP contribution < -0.4 is 25.9 Å². The number of carbonyl (C=O) groups excluding carboxylic acids is 1. The zero-order valence-electron chi connectivity index (χ0n) is 14.7. The Kier molecular flexibility index (Phi) is 5.03. The minimum atomic E-state index is -0.506. The quantitative estimate of drug-likeness (QED) is 0.569. The molecular formula is C20H21INO3+. The van der Waals surface area contributed by atoms with E-state index < -0.39 is 5.60 Å². The van der Waals surface area contributed by atoms with Crippen LogP contribution in [-0.4, -0.2) is 23.4 Å². The molecule has 4 nitrogen and oxygen atoms in total. The summed E-state index contributed by atoms with van der Waals surface area (Å²) in [6.45, 7) is 5.61. The Morgan fingerprint density at radius 3 is 2.32 bits per heavy atom. The van der Waals surface area contributed by atoms with Gasteiger partial charge in [-0.2, -0.15) is 0 Å². The Hall–Kier alpha value is -2.02. The molecule has 1 heterocycles. The van der Waals surface area contributed by atoms with Gasteiger partial charge in [0.15, 0.2) is 7.14 Å². The van der Waals surface area contributed by atoms with Gasteiger partial charge in [0.05, 0.1) is 12.6 Å². The molecule has 0 saturated heterocycles. The highest BCUT2D eigenvalue weighted by Crippen LogP contribution is 2.17. The van der Waals surface area contributed by atoms with Crippen LogP contribution in [-0.2, 0) is 4.74 Å². The first-order chi connectivity index (χ1) is 11.9. The molecule has 0 aliphatic carbocycles. The number of hydrogen-bond acceptors (Lipinski definition) is 3. The lowest BCUT2D eigenvalue weighted by Gasteiger charge is -2.19. The minimum Gasteiger partial charge on any atom is -0.497 e. The number of ether oxygens (including phenoxy) is 2. The van der Waals surface area contributed by atoms with E-state index in [0.29, 0.717) is 0 Å². The Balaban J connectivity index is 1.82. The molecule has 0 fully saturated rings. The van der Waals surface area contributed by atoms with E-state index in [4.69, 9.17) is 9.47 Å². The predicted octanol–water partition coefficient (Wildman–Crippen LogP) is 1.56. The molecule has 5 heteroatoms. The standard InChI is InChI=1S/C20H21INO3/c1-20(2,3)25-19(23)22-12-11-14-13-16(7-10-18(14)22)21-15-5-8-17(24-4)9-6-15/h5-13H,1-4H3/q+1. The molecule has 0 bridgehead atoms. The van der Waals surface area contributed by atoms with Crippen molar-refractivity contribution in [2.45, 2.75) is 26.4 Å². The highest BCUT2D eigenvalue weighted by molar-refractivity contribution is 5.89. The van der Waals surface area contributed by atoms with E-state index in [1.807, 2.05) is 45.0 Å². The maximum absolute atomic E-state index is 12.3. The number of halogens is 1. The van der Waals surface area contributed by atoms with Gasteiger partial charge in [0.1, 0.15) is 11.4 Å². The minimum absolute atomic E-state index is 0.274. The first-order valence-corrected chi connectivity index (χ1v) is 10.1. The van der Waals surface area contributed by atoms with Gasteiger partial charge in [-0.3, -0.25) is 4.57 Å². The van der Waals surface area contributed by atoms with Crippen LogP contribution in [0.1, 0.15) is 20.8 Å². The van der Waals surface area contributed by atoms with Crippen molar-refractivity contribution in [2.24, 2.45) is 0 Å². The molecule has 130 valence electrons. The van der Waals surface area contributed by atoms with Crippen LogP contribution in [0.5, 0.6) is 5.75 Å². The number of rotatable bonds is 3. The van der Waals surface area contributed by atoms with Gasteiger partial charge < -0.3 is 9.47 Å². The van der Waals surface area contributed by atoms with Crippen LogP contribution in [0.4, 0.5) is 4.79 Å². The summed E-state index contributed by atoms with van der Waals surface area (Å²) in [4.78, 5) is 12.3. The SMILES string of the molecule is COc1ccc([I+]c2ccc3c(ccn3C(=O)OC(C)(C)C)c2)cc1. The molecule has 0 spiro atoms. The zero-order valence-corrected chi connectivity index (χ0v) is 16.9. The van der Waals surface area contributed by atoms with E-state index in [2.05, 4.69) is 24.3 Å². The molecular weight excluding hydrogens is 429 g/mol. The topological polar surface area (TPSA) is 40.5 Å². The normalized spacial score (nSPS) is 11.5. The summed E-state index contributed by atoms with van der Waals surface area (Å²) in [7, 11) is 1.67. The van der Waals surface area contributed by atoms with Gasteiger partial charge in [0, 0.05) is 17.6 Å². The van der Waals surface area contributed by atoms with Crippen molar-refractivity contribution in [2.75, 3.05) is 7.11 Å². The molecule has 0 saturated carbocycles.